The topological polar surface area (TPSA) is 74.2 Å². The van der Waals surface area contributed by atoms with E-state index >= 15 is 0 Å². The lowest BCUT2D eigenvalue weighted by Gasteiger charge is -2.11. The number of aromatic amines is 1. The van der Waals surface area contributed by atoms with Crippen LogP contribution in [-0.4, -0.2) is 33.9 Å². The number of benzene rings is 1. The van der Waals surface area contributed by atoms with Crippen molar-refractivity contribution in [2.75, 3.05) is 13.1 Å². The number of rotatable bonds is 5. The van der Waals surface area contributed by atoms with Gasteiger partial charge in [-0.3, -0.25) is 9.69 Å². The maximum Gasteiger partial charge on any atom is 0.287 e. The van der Waals surface area contributed by atoms with Gasteiger partial charge in [0.25, 0.3) is 5.91 Å². The number of hydrogen-bond acceptors (Lipinski definition) is 4. The second kappa shape index (κ2) is 6.96. The maximum absolute atomic E-state index is 12.3. The number of aryl methyl sites for hydroxylation is 2. The van der Waals surface area contributed by atoms with Crippen molar-refractivity contribution in [3.8, 4) is 0 Å². The van der Waals surface area contributed by atoms with E-state index in [0.717, 1.165) is 47.8 Å². The molecule has 2 aromatic heterocycles. The zero-order chi connectivity index (χ0) is 18.1. The van der Waals surface area contributed by atoms with Crippen LogP contribution >= 0.6 is 0 Å². The monoisotopic (exact) mass is 352 g/mol. The molecule has 0 bridgehead atoms. The third-order valence-electron chi connectivity index (χ3n) is 5.11. The molecular weight excluding hydrogens is 328 g/mol. The van der Waals surface area contributed by atoms with Crippen LogP contribution in [0.4, 0.5) is 0 Å². The molecule has 1 aromatic carbocycles. The first-order chi connectivity index (χ1) is 12.6. The van der Waals surface area contributed by atoms with Crippen LogP contribution in [0.25, 0.3) is 11.0 Å². The largest absolute Gasteiger partial charge is 0.455 e. The molecule has 6 nitrogen and oxygen atoms in total. The van der Waals surface area contributed by atoms with Crippen molar-refractivity contribution in [3.05, 3.63) is 52.7 Å². The Hall–Kier alpha value is -2.60. The summed E-state index contributed by atoms with van der Waals surface area (Å²) < 4.78 is 5.71. The first-order valence-electron chi connectivity index (χ1n) is 9.14. The van der Waals surface area contributed by atoms with E-state index in [0.29, 0.717) is 12.3 Å². The highest BCUT2D eigenvalue weighted by Crippen LogP contribution is 2.19. The Morgan fingerprint density at radius 2 is 2.04 bits per heavy atom. The molecule has 6 heteroatoms. The van der Waals surface area contributed by atoms with E-state index in [1.54, 1.807) is 6.07 Å². The van der Waals surface area contributed by atoms with Crippen LogP contribution in [-0.2, 0) is 13.1 Å². The minimum Gasteiger partial charge on any atom is -0.455 e. The van der Waals surface area contributed by atoms with Crippen LogP contribution in [0.1, 0.15) is 46.1 Å². The van der Waals surface area contributed by atoms with Crippen molar-refractivity contribution >= 4 is 16.9 Å². The lowest BCUT2D eigenvalue weighted by molar-refractivity contribution is 0.0918. The standard InChI is InChI=1S/C20H24N4O2/c1-13-5-7-16-19(14(13)2)23-18(22-16)11-21-20(25)17-8-6-15(26-17)12-24-9-3-4-10-24/h5-8H,3-4,9-12H2,1-2H3,(H,21,25)(H,22,23). The number of likely N-dealkylation sites (tertiary alicyclic amines) is 1. The molecule has 136 valence electrons. The first kappa shape index (κ1) is 16.8. The van der Waals surface area contributed by atoms with Gasteiger partial charge in [0, 0.05) is 0 Å². The average Bonchev–Trinajstić information content (AvgIpc) is 3.37. The summed E-state index contributed by atoms with van der Waals surface area (Å²) in [6.45, 7) is 7.46. The van der Waals surface area contributed by atoms with Gasteiger partial charge in [0.05, 0.1) is 24.1 Å². The zero-order valence-electron chi connectivity index (χ0n) is 15.3. The van der Waals surface area contributed by atoms with Gasteiger partial charge in [0.2, 0.25) is 0 Å². The summed E-state index contributed by atoms with van der Waals surface area (Å²) in [7, 11) is 0. The number of carbonyl (C=O) groups is 1. The van der Waals surface area contributed by atoms with Crippen LogP contribution in [0.2, 0.25) is 0 Å². The number of nitrogens with one attached hydrogen (secondary N) is 2. The molecule has 1 aliphatic heterocycles. The molecule has 26 heavy (non-hydrogen) atoms. The van der Waals surface area contributed by atoms with E-state index < -0.39 is 0 Å². The Labute approximate surface area is 152 Å². The van der Waals surface area contributed by atoms with Gasteiger partial charge in [0.1, 0.15) is 11.6 Å². The summed E-state index contributed by atoms with van der Waals surface area (Å²) in [6, 6.07) is 7.73. The summed E-state index contributed by atoms with van der Waals surface area (Å²) in [5, 5.41) is 2.88. The second-order valence-corrected chi connectivity index (χ2v) is 7.02. The van der Waals surface area contributed by atoms with Crippen LogP contribution in [0.5, 0.6) is 0 Å². The minimum absolute atomic E-state index is 0.217. The number of fused-ring (bicyclic) bond motifs is 1. The van der Waals surface area contributed by atoms with Gasteiger partial charge < -0.3 is 14.7 Å². The van der Waals surface area contributed by atoms with E-state index in [2.05, 4.69) is 40.1 Å². The molecule has 0 spiro atoms. The molecule has 3 aromatic rings. The fraction of sp³-hybridized carbons (Fsp3) is 0.400. The third kappa shape index (κ3) is 3.37. The Morgan fingerprint density at radius 1 is 1.23 bits per heavy atom. The predicted molar refractivity (Wildman–Crippen MR) is 100.0 cm³/mol. The fourth-order valence-corrected chi connectivity index (χ4v) is 3.45. The normalized spacial score (nSPS) is 15.0. The van der Waals surface area contributed by atoms with E-state index in [-0.39, 0.29) is 5.91 Å². The number of carbonyl (C=O) groups excluding carboxylic acids is 1. The lowest BCUT2D eigenvalue weighted by atomic mass is 10.1. The fourth-order valence-electron chi connectivity index (χ4n) is 3.45. The average molecular weight is 352 g/mol. The summed E-state index contributed by atoms with van der Waals surface area (Å²) in [6.07, 6.45) is 2.48. The molecule has 2 N–H and O–H groups in total. The van der Waals surface area contributed by atoms with Crippen molar-refractivity contribution in [2.45, 2.75) is 39.8 Å². The van der Waals surface area contributed by atoms with Gasteiger partial charge in [-0.25, -0.2) is 4.98 Å². The van der Waals surface area contributed by atoms with Crippen LogP contribution in [0.3, 0.4) is 0 Å². The zero-order valence-corrected chi connectivity index (χ0v) is 15.3. The quantitative estimate of drug-likeness (QED) is 0.739. The molecule has 0 radical (unpaired) electrons. The Morgan fingerprint density at radius 3 is 2.85 bits per heavy atom. The molecule has 1 aliphatic rings. The Bertz CT molecular complexity index is 935. The molecule has 0 unspecified atom stereocenters. The smallest absolute Gasteiger partial charge is 0.287 e. The van der Waals surface area contributed by atoms with Gasteiger partial charge in [-0.15, -0.1) is 0 Å². The van der Waals surface area contributed by atoms with Gasteiger partial charge in [-0.1, -0.05) is 6.07 Å². The van der Waals surface area contributed by atoms with Crippen LogP contribution in [0, 0.1) is 13.8 Å². The van der Waals surface area contributed by atoms with Crippen molar-refractivity contribution in [2.24, 2.45) is 0 Å². The van der Waals surface area contributed by atoms with Gasteiger partial charge in [0.15, 0.2) is 5.76 Å². The van der Waals surface area contributed by atoms with E-state index in [4.69, 9.17) is 4.42 Å². The van der Waals surface area contributed by atoms with E-state index in [9.17, 15) is 4.79 Å². The molecular formula is C20H24N4O2. The van der Waals surface area contributed by atoms with Gasteiger partial charge in [-0.05, 0) is 69.1 Å². The molecule has 4 rings (SSSR count). The number of hydrogen-bond donors (Lipinski definition) is 2. The van der Waals surface area contributed by atoms with Crippen LogP contribution in [0.15, 0.2) is 28.7 Å². The highest BCUT2D eigenvalue weighted by molar-refractivity contribution is 5.91. The number of aromatic nitrogens is 2. The highest BCUT2D eigenvalue weighted by atomic mass is 16.4. The summed E-state index contributed by atoms with van der Waals surface area (Å²) in [5.74, 6) is 1.71. The Balaban J connectivity index is 1.39. The van der Waals surface area contributed by atoms with Crippen molar-refractivity contribution in [1.82, 2.24) is 20.2 Å². The predicted octanol–water partition coefficient (Wildman–Crippen LogP) is 3.30. The van der Waals surface area contributed by atoms with Crippen molar-refractivity contribution < 1.29 is 9.21 Å². The van der Waals surface area contributed by atoms with Gasteiger partial charge >= 0.3 is 0 Å². The first-order valence-corrected chi connectivity index (χ1v) is 9.14. The third-order valence-corrected chi connectivity index (χ3v) is 5.11. The number of amides is 1. The summed E-state index contributed by atoms with van der Waals surface area (Å²) >= 11 is 0. The molecule has 0 aliphatic carbocycles. The highest BCUT2D eigenvalue weighted by Gasteiger charge is 2.16. The number of H-pyrrole nitrogens is 1. The minimum atomic E-state index is -0.217. The van der Waals surface area contributed by atoms with Gasteiger partial charge in [-0.2, -0.15) is 0 Å². The van der Waals surface area contributed by atoms with Crippen LogP contribution < -0.4 is 5.32 Å². The summed E-state index contributed by atoms with van der Waals surface area (Å²) in [4.78, 5) is 22.6. The second-order valence-electron chi connectivity index (χ2n) is 7.02. The Kier molecular flexibility index (Phi) is 4.51. The van der Waals surface area contributed by atoms with E-state index in [1.165, 1.54) is 18.4 Å². The maximum atomic E-state index is 12.3. The van der Waals surface area contributed by atoms with Crippen molar-refractivity contribution in [1.29, 1.82) is 0 Å². The molecule has 0 atom stereocenters. The molecule has 3 heterocycles. The summed E-state index contributed by atoms with van der Waals surface area (Å²) in [5.41, 5.74) is 4.32. The molecule has 1 saturated heterocycles. The van der Waals surface area contributed by atoms with E-state index in [1.807, 2.05) is 12.1 Å². The molecule has 0 saturated carbocycles. The number of imidazole rings is 1. The molecule has 1 fully saturated rings. The number of furan rings is 1. The lowest BCUT2D eigenvalue weighted by Crippen LogP contribution is -2.23. The SMILES string of the molecule is Cc1ccc2[nH]c(CNC(=O)c3ccc(CN4CCCC4)o3)nc2c1C. The van der Waals surface area contributed by atoms with Crippen molar-refractivity contribution in [3.63, 3.8) is 0 Å². The number of nitrogens with zero attached hydrogens (tertiary/aromatic N) is 2. The molecule has 1 amide bonds.